The molecule has 0 radical (unpaired) electrons. The van der Waals surface area contributed by atoms with Gasteiger partial charge in [-0.05, 0) is 19.4 Å². The molecule has 2 fully saturated rings. The van der Waals surface area contributed by atoms with E-state index in [1.165, 1.54) is 0 Å². The molecule has 7 nitrogen and oxygen atoms in total. The molecule has 0 saturated carbocycles. The molecule has 0 amide bonds. The first kappa shape index (κ1) is 26.2. The number of rotatable bonds is 6. The SMILES string of the molecule is CCNC(=NCCOc1ncc(C(F)(F)F)cc1Cl)N1CCC(N2CCOCC2)C1.I. The molecule has 1 unspecified atom stereocenters. The van der Waals surface area contributed by atoms with E-state index in [2.05, 4.69) is 25.1 Å². The molecule has 2 aliphatic heterocycles. The van der Waals surface area contributed by atoms with Crippen LogP contribution in [0.5, 0.6) is 5.88 Å². The third kappa shape index (κ3) is 7.50. The average molecular weight is 578 g/mol. The third-order valence-corrected chi connectivity index (χ3v) is 5.36. The maximum absolute atomic E-state index is 12.7. The Morgan fingerprint density at radius 1 is 1.35 bits per heavy atom. The highest BCUT2D eigenvalue weighted by molar-refractivity contribution is 14.0. The lowest BCUT2D eigenvalue weighted by Gasteiger charge is -2.32. The zero-order valence-corrected chi connectivity index (χ0v) is 20.4. The Morgan fingerprint density at radius 2 is 2.10 bits per heavy atom. The van der Waals surface area contributed by atoms with E-state index in [-0.39, 0.29) is 41.5 Å². The van der Waals surface area contributed by atoms with Crippen LogP contribution in [0.15, 0.2) is 17.3 Å². The van der Waals surface area contributed by atoms with Gasteiger partial charge in [0.05, 0.1) is 25.3 Å². The molecule has 176 valence electrons. The average Bonchev–Trinajstić information content (AvgIpc) is 3.21. The second-order valence-corrected chi connectivity index (χ2v) is 7.54. The number of morpholine rings is 1. The predicted molar refractivity (Wildman–Crippen MR) is 124 cm³/mol. The van der Waals surface area contributed by atoms with Crippen LogP contribution in [-0.2, 0) is 10.9 Å². The number of halogens is 5. The van der Waals surface area contributed by atoms with Crippen LogP contribution in [0, 0.1) is 0 Å². The van der Waals surface area contributed by atoms with Crippen LogP contribution in [0.1, 0.15) is 18.9 Å². The number of nitrogens with one attached hydrogen (secondary N) is 1. The van der Waals surface area contributed by atoms with Crippen molar-refractivity contribution in [3.63, 3.8) is 0 Å². The maximum Gasteiger partial charge on any atom is 0.417 e. The minimum absolute atomic E-state index is 0. The lowest BCUT2D eigenvalue weighted by Crippen LogP contribution is -2.46. The van der Waals surface area contributed by atoms with Crippen LogP contribution in [0.2, 0.25) is 5.02 Å². The van der Waals surface area contributed by atoms with Crippen molar-refractivity contribution in [3.05, 3.63) is 22.8 Å². The van der Waals surface area contributed by atoms with Gasteiger partial charge in [0.1, 0.15) is 11.6 Å². The first-order chi connectivity index (χ1) is 14.4. The van der Waals surface area contributed by atoms with Crippen molar-refractivity contribution in [2.45, 2.75) is 25.6 Å². The summed E-state index contributed by atoms with van der Waals surface area (Å²) in [6, 6.07) is 1.30. The predicted octanol–water partition coefficient (Wildman–Crippen LogP) is 3.12. The smallest absolute Gasteiger partial charge is 0.417 e. The second-order valence-electron chi connectivity index (χ2n) is 7.13. The lowest BCUT2D eigenvalue weighted by atomic mass is 10.2. The van der Waals surface area contributed by atoms with E-state index in [4.69, 9.17) is 21.1 Å². The zero-order chi connectivity index (χ0) is 21.6. The molecule has 12 heteroatoms. The Balaban J connectivity index is 0.00000341. The minimum Gasteiger partial charge on any atom is -0.475 e. The van der Waals surface area contributed by atoms with Gasteiger partial charge in [-0.15, -0.1) is 24.0 Å². The van der Waals surface area contributed by atoms with E-state index in [9.17, 15) is 13.2 Å². The fourth-order valence-corrected chi connectivity index (χ4v) is 3.80. The summed E-state index contributed by atoms with van der Waals surface area (Å²) < 4.78 is 48.9. The van der Waals surface area contributed by atoms with E-state index in [1.54, 1.807) is 0 Å². The van der Waals surface area contributed by atoms with Crippen LogP contribution in [0.4, 0.5) is 13.2 Å². The molecule has 1 aromatic heterocycles. The first-order valence-electron chi connectivity index (χ1n) is 10.1. The summed E-state index contributed by atoms with van der Waals surface area (Å²) >= 11 is 5.86. The van der Waals surface area contributed by atoms with Gasteiger partial charge in [-0.2, -0.15) is 13.2 Å². The number of guanidine groups is 1. The number of hydrogen-bond acceptors (Lipinski definition) is 5. The van der Waals surface area contributed by atoms with E-state index in [0.29, 0.717) is 18.8 Å². The van der Waals surface area contributed by atoms with Crippen LogP contribution in [0.3, 0.4) is 0 Å². The number of likely N-dealkylation sites (tertiary alicyclic amines) is 1. The molecule has 0 spiro atoms. The Kier molecular flexibility index (Phi) is 10.4. The zero-order valence-electron chi connectivity index (χ0n) is 17.3. The summed E-state index contributed by atoms with van der Waals surface area (Å²) in [5.41, 5.74) is -0.906. The van der Waals surface area contributed by atoms with Gasteiger partial charge in [-0.25, -0.2) is 9.98 Å². The molecule has 2 aliphatic rings. The lowest BCUT2D eigenvalue weighted by molar-refractivity contribution is -0.137. The summed E-state index contributed by atoms with van der Waals surface area (Å²) in [4.78, 5) is 13.0. The highest BCUT2D eigenvalue weighted by Crippen LogP contribution is 2.33. The molecule has 1 aromatic rings. The number of alkyl halides is 3. The number of aliphatic imine (C=N–C) groups is 1. The molecule has 0 aliphatic carbocycles. The van der Waals surface area contributed by atoms with E-state index >= 15 is 0 Å². The quantitative estimate of drug-likeness (QED) is 0.243. The van der Waals surface area contributed by atoms with Crippen LogP contribution >= 0.6 is 35.6 Å². The second kappa shape index (κ2) is 12.3. The van der Waals surface area contributed by atoms with Crippen LogP contribution < -0.4 is 10.1 Å². The number of ether oxygens (including phenoxy) is 2. The summed E-state index contributed by atoms with van der Waals surface area (Å²) in [5, 5.41) is 3.12. The van der Waals surface area contributed by atoms with Gasteiger partial charge in [-0.1, -0.05) is 11.6 Å². The summed E-state index contributed by atoms with van der Waals surface area (Å²) in [6.45, 7) is 8.54. The van der Waals surface area contributed by atoms with Crippen LogP contribution in [0.25, 0.3) is 0 Å². The third-order valence-electron chi connectivity index (χ3n) is 5.09. The minimum atomic E-state index is -4.49. The van der Waals surface area contributed by atoms with E-state index in [0.717, 1.165) is 64.4 Å². The molecule has 1 atom stereocenters. The van der Waals surface area contributed by atoms with Crippen molar-refractivity contribution in [2.75, 3.05) is 59.1 Å². The van der Waals surface area contributed by atoms with E-state index < -0.39 is 11.7 Å². The molecule has 3 rings (SSSR count). The van der Waals surface area contributed by atoms with Gasteiger partial charge in [0, 0.05) is 45.0 Å². The Morgan fingerprint density at radius 3 is 2.74 bits per heavy atom. The van der Waals surface area contributed by atoms with Gasteiger partial charge < -0.3 is 19.7 Å². The van der Waals surface area contributed by atoms with Gasteiger partial charge in [0.15, 0.2) is 5.96 Å². The largest absolute Gasteiger partial charge is 0.475 e. The maximum atomic E-state index is 12.7. The van der Waals surface area contributed by atoms with Crippen molar-refractivity contribution in [1.82, 2.24) is 20.1 Å². The van der Waals surface area contributed by atoms with Gasteiger partial charge in [-0.3, -0.25) is 4.90 Å². The fraction of sp³-hybridized carbons (Fsp3) is 0.684. The Bertz CT molecular complexity index is 735. The highest BCUT2D eigenvalue weighted by atomic mass is 127. The molecule has 0 aromatic carbocycles. The van der Waals surface area contributed by atoms with Gasteiger partial charge >= 0.3 is 6.18 Å². The molecular weight excluding hydrogens is 550 g/mol. The number of nitrogens with zero attached hydrogens (tertiary/aromatic N) is 4. The van der Waals surface area contributed by atoms with E-state index in [1.807, 2.05) is 6.92 Å². The first-order valence-corrected chi connectivity index (χ1v) is 10.5. The molecule has 2 saturated heterocycles. The number of hydrogen-bond donors (Lipinski definition) is 1. The van der Waals surface area contributed by atoms with Crippen molar-refractivity contribution in [2.24, 2.45) is 4.99 Å². The van der Waals surface area contributed by atoms with Crippen molar-refractivity contribution in [1.29, 1.82) is 0 Å². The molecular formula is C19H28ClF3IN5O2. The fourth-order valence-electron chi connectivity index (χ4n) is 3.58. The topological polar surface area (TPSA) is 62.2 Å². The Labute approximate surface area is 202 Å². The van der Waals surface area contributed by atoms with Gasteiger partial charge in [0.25, 0.3) is 0 Å². The van der Waals surface area contributed by atoms with Gasteiger partial charge in [0.2, 0.25) is 5.88 Å². The van der Waals surface area contributed by atoms with Crippen molar-refractivity contribution >= 4 is 41.5 Å². The number of aromatic nitrogens is 1. The molecule has 3 heterocycles. The van der Waals surface area contributed by atoms with Crippen molar-refractivity contribution < 1.29 is 22.6 Å². The summed E-state index contributed by atoms with van der Waals surface area (Å²) in [6.07, 6.45) is -2.70. The highest BCUT2D eigenvalue weighted by Gasteiger charge is 2.32. The monoisotopic (exact) mass is 577 g/mol. The Hall–Kier alpha value is -1.05. The molecule has 1 N–H and O–H groups in total. The number of pyridine rings is 1. The summed E-state index contributed by atoms with van der Waals surface area (Å²) in [5.74, 6) is 0.779. The summed E-state index contributed by atoms with van der Waals surface area (Å²) in [7, 11) is 0. The standard InChI is InChI=1S/C19H27ClF3N5O2.HI/c1-2-24-18(28-5-3-15(13-28)27-6-9-29-10-7-27)25-4-8-30-17-16(20)11-14(12-26-17)19(21,22)23;/h11-12,15H,2-10,13H2,1H3,(H,24,25);1H. The van der Waals surface area contributed by atoms with Crippen LogP contribution in [-0.4, -0.2) is 85.9 Å². The van der Waals surface area contributed by atoms with Crippen molar-refractivity contribution in [3.8, 4) is 5.88 Å². The normalized spacial score (nSPS) is 20.5. The molecule has 0 bridgehead atoms. The molecule has 31 heavy (non-hydrogen) atoms.